The number of hydrogen-bond acceptors (Lipinski definition) is 8. The molecular formula is C21H23N3O5S3. The maximum atomic E-state index is 12.4. The van der Waals surface area contributed by atoms with Crippen LogP contribution in [0.4, 0.5) is 10.8 Å². The lowest BCUT2D eigenvalue weighted by Crippen LogP contribution is -2.30. The molecule has 170 valence electrons. The molecule has 8 nitrogen and oxygen atoms in total. The zero-order valence-corrected chi connectivity index (χ0v) is 20.5. The first-order valence-corrected chi connectivity index (χ1v) is 12.8. The Morgan fingerprint density at radius 1 is 1.16 bits per heavy atom. The zero-order valence-electron chi connectivity index (χ0n) is 18.0. The van der Waals surface area contributed by atoms with Gasteiger partial charge in [0.15, 0.2) is 5.13 Å². The van der Waals surface area contributed by atoms with Crippen LogP contribution in [0.25, 0.3) is 0 Å². The van der Waals surface area contributed by atoms with Crippen molar-refractivity contribution in [2.75, 3.05) is 11.4 Å². The Labute approximate surface area is 194 Å². The van der Waals surface area contributed by atoms with Crippen LogP contribution in [0, 0.1) is 20.8 Å². The minimum absolute atomic E-state index is 0.125. The van der Waals surface area contributed by atoms with E-state index in [-0.39, 0.29) is 16.7 Å². The van der Waals surface area contributed by atoms with Crippen molar-refractivity contribution in [2.45, 2.75) is 38.5 Å². The molecule has 0 fully saturated rings. The van der Waals surface area contributed by atoms with E-state index < -0.39 is 22.5 Å². The fraction of sp³-hybridized carbons (Fsp3) is 0.286. The van der Waals surface area contributed by atoms with Crippen LogP contribution in [0.1, 0.15) is 29.3 Å². The van der Waals surface area contributed by atoms with Crippen molar-refractivity contribution in [2.24, 2.45) is 0 Å². The van der Waals surface area contributed by atoms with Gasteiger partial charge in [0.1, 0.15) is 17.4 Å². The molecule has 3 aromatic rings. The molecule has 0 spiro atoms. The number of anilines is 2. The smallest absolute Gasteiger partial charge is 0.321 e. The van der Waals surface area contributed by atoms with Crippen molar-refractivity contribution < 1.29 is 22.7 Å². The number of aromatic nitrogens is 1. The number of ether oxygens (including phenoxy) is 1. The van der Waals surface area contributed by atoms with Gasteiger partial charge in [-0.2, -0.15) is 4.72 Å². The first-order chi connectivity index (χ1) is 15.1. The number of thiazole rings is 1. The molecule has 0 radical (unpaired) electrons. The van der Waals surface area contributed by atoms with E-state index in [2.05, 4.69) is 9.71 Å². The van der Waals surface area contributed by atoms with Gasteiger partial charge in [-0.25, -0.2) is 13.4 Å². The number of carbonyl (C=O) groups excluding carboxylic acids is 2. The van der Waals surface area contributed by atoms with Crippen molar-refractivity contribution >= 4 is 55.4 Å². The highest BCUT2D eigenvalue weighted by atomic mass is 32.2. The largest absolute Gasteiger partial charge is 0.458 e. The molecule has 2 heterocycles. The normalized spacial score (nSPS) is 11.4. The summed E-state index contributed by atoms with van der Waals surface area (Å²) >= 11 is 2.32. The Bertz CT molecular complexity index is 1210. The standard InChI is InChI=1S/C21H23N3O5S3/c1-13-8-14(2)20(15(3)9-13)24(16(4)25)21-23-17(12-31-21)11-29-18(26)10-22-32(27,28)19-6-5-7-30-19/h5-9,12,22H,10-11H2,1-4H3. The molecule has 11 heteroatoms. The summed E-state index contributed by atoms with van der Waals surface area (Å²) in [6.07, 6.45) is 0. The second-order valence-electron chi connectivity index (χ2n) is 7.14. The van der Waals surface area contributed by atoms with Crippen LogP contribution in [0.2, 0.25) is 0 Å². The summed E-state index contributed by atoms with van der Waals surface area (Å²) in [6.45, 7) is 6.74. The number of nitrogens with one attached hydrogen (secondary N) is 1. The van der Waals surface area contributed by atoms with Gasteiger partial charge in [-0.15, -0.1) is 22.7 Å². The molecule has 2 aromatic heterocycles. The van der Waals surface area contributed by atoms with Gasteiger partial charge in [-0.3, -0.25) is 14.5 Å². The Kier molecular flexibility index (Phi) is 7.44. The van der Waals surface area contributed by atoms with Gasteiger partial charge in [0, 0.05) is 12.3 Å². The molecular weight excluding hydrogens is 470 g/mol. The molecule has 0 aliphatic heterocycles. The Hall–Kier alpha value is -2.60. The lowest BCUT2D eigenvalue weighted by atomic mass is 10.0. The van der Waals surface area contributed by atoms with Gasteiger partial charge in [0.05, 0.1) is 11.4 Å². The van der Waals surface area contributed by atoms with E-state index in [1.807, 2.05) is 32.9 Å². The van der Waals surface area contributed by atoms with Crippen molar-refractivity contribution in [3.8, 4) is 0 Å². The van der Waals surface area contributed by atoms with E-state index in [1.54, 1.807) is 21.7 Å². The Morgan fingerprint density at radius 2 is 1.84 bits per heavy atom. The van der Waals surface area contributed by atoms with E-state index in [0.717, 1.165) is 33.7 Å². The van der Waals surface area contributed by atoms with E-state index in [1.165, 1.54) is 24.3 Å². The van der Waals surface area contributed by atoms with Gasteiger partial charge >= 0.3 is 5.97 Å². The molecule has 1 N–H and O–H groups in total. The number of benzene rings is 1. The number of aryl methyl sites for hydroxylation is 3. The number of esters is 1. The third kappa shape index (κ3) is 5.60. The topological polar surface area (TPSA) is 106 Å². The molecule has 0 saturated carbocycles. The monoisotopic (exact) mass is 493 g/mol. The second kappa shape index (κ2) is 9.90. The summed E-state index contributed by atoms with van der Waals surface area (Å²) in [6, 6.07) is 7.08. The van der Waals surface area contributed by atoms with Gasteiger partial charge in [0.2, 0.25) is 5.91 Å². The van der Waals surface area contributed by atoms with Crippen LogP contribution in [0.3, 0.4) is 0 Å². The van der Waals surface area contributed by atoms with E-state index in [9.17, 15) is 18.0 Å². The lowest BCUT2D eigenvalue weighted by Gasteiger charge is -2.23. The number of amides is 1. The third-order valence-electron chi connectivity index (χ3n) is 4.45. The molecule has 3 rings (SSSR count). The zero-order chi connectivity index (χ0) is 23.5. The van der Waals surface area contributed by atoms with Crippen LogP contribution >= 0.6 is 22.7 Å². The van der Waals surface area contributed by atoms with Gasteiger partial charge in [-0.05, 0) is 43.3 Å². The van der Waals surface area contributed by atoms with E-state index in [4.69, 9.17) is 4.74 Å². The molecule has 0 unspecified atom stereocenters. The average Bonchev–Trinajstić information content (AvgIpc) is 3.39. The summed E-state index contributed by atoms with van der Waals surface area (Å²) in [7, 11) is -3.74. The van der Waals surface area contributed by atoms with Crippen LogP contribution in [0.15, 0.2) is 39.2 Å². The van der Waals surface area contributed by atoms with Crippen LogP contribution < -0.4 is 9.62 Å². The van der Waals surface area contributed by atoms with Crippen molar-refractivity contribution in [1.29, 1.82) is 0 Å². The summed E-state index contributed by atoms with van der Waals surface area (Å²) in [5.74, 6) is -0.908. The van der Waals surface area contributed by atoms with E-state index in [0.29, 0.717) is 10.8 Å². The minimum atomic E-state index is -3.74. The quantitative estimate of drug-likeness (QED) is 0.478. The molecule has 32 heavy (non-hydrogen) atoms. The highest BCUT2D eigenvalue weighted by molar-refractivity contribution is 7.91. The minimum Gasteiger partial charge on any atom is -0.458 e. The average molecular weight is 494 g/mol. The van der Waals surface area contributed by atoms with Crippen molar-refractivity contribution in [3.63, 3.8) is 0 Å². The molecule has 0 aliphatic rings. The molecule has 0 atom stereocenters. The van der Waals surface area contributed by atoms with Crippen LogP contribution in [-0.4, -0.2) is 31.8 Å². The Balaban J connectivity index is 1.66. The highest BCUT2D eigenvalue weighted by Crippen LogP contribution is 2.34. The summed E-state index contributed by atoms with van der Waals surface area (Å²) in [5, 5.41) is 3.81. The molecule has 0 aliphatic carbocycles. The first-order valence-electron chi connectivity index (χ1n) is 9.60. The van der Waals surface area contributed by atoms with Crippen molar-refractivity contribution in [1.82, 2.24) is 9.71 Å². The number of hydrogen-bond donors (Lipinski definition) is 1. The van der Waals surface area contributed by atoms with Gasteiger partial charge in [0.25, 0.3) is 10.0 Å². The Morgan fingerprint density at radius 3 is 2.44 bits per heavy atom. The number of nitrogens with zero attached hydrogens (tertiary/aromatic N) is 2. The first kappa shape index (κ1) is 24.1. The SMILES string of the molecule is CC(=O)N(c1nc(COC(=O)CNS(=O)(=O)c2cccs2)cs1)c1c(C)cc(C)cc1C. The number of sulfonamides is 1. The molecule has 1 amide bonds. The third-order valence-corrected chi connectivity index (χ3v) is 8.13. The highest BCUT2D eigenvalue weighted by Gasteiger charge is 2.22. The molecule has 1 aromatic carbocycles. The number of carbonyl (C=O) groups is 2. The summed E-state index contributed by atoms with van der Waals surface area (Å²) in [5.41, 5.74) is 4.27. The molecule has 0 bridgehead atoms. The fourth-order valence-corrected chi connectivity index (χ4v) is 6.09. The maximum Gasteiger partial charge on any atom is 0.321 e. The second-order valence-corrected chi connectivity index (χ2v) is 10.9. The number of thiophene rings is 1. The van der Waals surface area contributed by atoms with Gasteiger partial charge < -0.3 is 4.74 Å². The van der Waals surface area contributed by atoms with Crippen LogP contribution in [-0.2, 0) is 31.0 Å². The van der Waals surface area contributed by atoms with Crippen LogP contribution in [0.5, 0.6) is 0 Å². The van der Waals surface area contributed by atoms with E-state index >= 15 is 0 Å². The lowest BCUT2D eigenvalue weighted by molar-refractivity contribution is -0.143. The predicted molar refractivity (Wildman–Crippen MR) is 125 cm³/mol. The summed E-state index contributed by atoms with van der Waals surface area (Å²) < 4.78 is 31.6. The van der Waals surface area contributed by atoms with Gasteiger partial charge in [-0.1, -0.05) is 23.8 Å². The summed E-state index contributed by atoms with van der Waals surface area (Å²) in [4.78, 5) is 30.4. The number of rotatable bonds is 8. The predicted octanol–water partition coefficient (Wildman–Crippen LogP) is 3.84. The maximum absolute atomic E-state index is 12.4. The fourth-order valence-electron chi connectivity index (χ4n) is 3.23. The van der Waals surface area contributed by atoms with Crippen molar-refractivity contribution in [3.05, 3.63) is 57.4 Å². The molecule has 0 saturated heterocycles.